The molecule has 0 unspecified atom stereocenters. The Morgan fingerprint density at radius 1 is 1.62 bits per heavy atom. The number of aromatic nitrogens is 2. The van der Waals surface area contributed by atoms with E-state index in [-0.39, 0.29) is 17.9 Å². The van der Waals surface area contributed by atoms with Gasteiger partial charge >= 0.3 is 0 Å². The molecule has 0 saturated carbocycles. The predicted octanol–water partition coefficient (Wildman–Crippen LogP) is -0.888. The van der Waals surface area contributed by atoms with Crippen molar-refractivity contribution in [3.05, 3.63) is 17.7 Å². The Bertz CT molecular complexity index is 419. The SMILES string of the molecule is N#Cc1ncn(CC(N)=O)c1C#N. The number of hydrogen-bond acceptors (Lipinski definition) is 4. The summed E-state index contributed by atoms with van der Waals surface area (Å²) in [6.07, 6.45) is 1.24. The zero-order valence-electron chi connectivity index (χ0n) is 6.56. The molecule has 0 aliphatic rings. The van der Waals surface area contributed by atoms with Gasteiger partial charge in [-0.25, -0.2) is 4.98 Å². The minimum atomic E-state index is -0.585. The lowest BCUT2D eigenvalue weighted by atomic mass is 10.3. The van der Waals surface area contributed by atoms with Crippen molar-refractivity contribution in [3.63, 3.8) is 0 Å². The van der Waals surface area contributed by atoms with E-state index in [9.17, 15) is 4.79 Å². The fourth-order valence-corrected chi connectivity index (χ4v) is 0.869. The van der Waals surface area contributed by atoms with Crippen molar-refractivity contribution < 1.29 is 4.79 Å². The third-order valence-electron chi connectivity index (χ3n) is 1.38. The molecular formula is C7H5N5O. The number of carbonyl (C=O) groups is 1. The second-order valence-electron chi connectivity index (χ2n) is 2.26. The number of nitriles is 2. The standard InChI is InChI=1S/C7H5N5O/c8-1-5-6(2-9)12(4-11-5)3-7(10)13/h4H,3H2,(H2,10,13). The predicted molar refractivity (Wildman–Crippen MR) is 40.9 cm³/mol. The van der Waals surface area contributed by atoms with Gasteiger partial charge in [-0.15, -0.1) is 0 Å². The van der Waals surface area contributed by atoms with Crippen molar-refractivity contribution in [2.45, 2.75) is 6.54 Å². The molecule has 0 atom stereocenters. The highest BCUT2D eigenvalue weighted by Gasteiger charge is 2.10. The third kappa shape index (κ3) is 1.63. The number of hydrogen-bond donors (Lipinski definition) is 1. The van der Waals surface area contributed by atoms with Crippen LogP contribution >= 0.6 is 0 Å². The number of rotatable bonds is 2. The Morgan fingerprint density at radius 2 is 2.31 bits per heavy atom. The highest BCUT2D eigenvalue weighted by Crippen LogP contribution is 2.03. The number of carbonyl (C=O) groups excluding carboxylic acids is 1. The van der Waals surface area contributed by atoms with Crippen LogP contribution in [0.1, 0.15) is 11.4 Å². The molecule has 0 bridgehead atoms. The summed E-state index contributed by atoms with van der Waals surface area (Å²) in [5.74, 6) is -0.585. The van der Waals surface area contributed by atoms with Crippen LogP contribution in [0, 0.1) is 22.7 Å². The first-order chi connectivity index (χ1) is 6.19. The van der Waals surface area contributed by atoms with Crippen LogP contribution in [0.3, 0.4) is 0 Å². The summed E-state index contributed by atoms with van der Waals surface area (Å²) in [5, 5.41) is 17.1. The Balaban J connectivity index is 3.12. The van der Waals surface area contributed by atoms with Crippen LogP contribution in [0.5, 0.6) is 0 Å². The van der Waals surface area contributed by atoms with Gasteiger partial charge in [0.1, 0.15) is 18.7 Å². The molecular weight excluding hydrogens is 170 g/mol. The van der Waals surface area contributed by atoms with Crippen molar-refractivity contribution in [2.75, 3.05) is 0 Å². The van der Waals surface area contributed by atoms with E-state index in [1.807, 2.05) is 0 Å². The molecule has 1 rings (SSSR count). The molecule has 1 heterocycles. The van der Waals surface area contributed by atoms with Crippen LogP contribution in [0.15, 0.2) is 6.33 Å². The fraction of sp³-hybridized carbons (Fsp3) is 0.143. The van der Waals surface area contributed by atoms with E-state index >= 15 is 0 Å². The molecule has 0 saturated heterocycles. The van der Waals surface area contributed by atoms with E-state index in [1.165, 1.54) is 10.9 Å². The van der Waals surface area contributed by atoms with E-state index in [1.54, 1.807) is 12.1 Å². The second kappa shape index (κ2) is 3.37. The van der Waals surface area contributed by atoms with E-state index in [0.29, 0.717) is 0 Å². The van der Waals surface area contributed by atoms with Gasteiger partial charge in [0.25, 0.3) is 0 Å². The normalized spacial score (nSPS) is 8.77. The summed E-state index contributed by atoms with van der Waals surface area (Å²) >= 11 is 0. The molecule has 64 valence electrons. The van der Waals surface area contributed by atoms with E-state index in [4.69, 9.17) is 16.3 Å². The molecule has 6 nitrogen and oxygen atoms in total. The summed E-state index contributed by atoms with van der Waals surface area (Å²) < 4.78 is 1.24. The van der Waals surface area contributed by atoms with Crippen molar-refractivity contribution >= 4 is 5.91 Å². The highest BCUT2D eigenvalue weighted by molar-refractivity contribution is 5.73. The van der Waals surface area contributed by atoms with E-state index in [0.717, 1.165) is 0 Å². The van der Waals surface area contributed by atoms with Crippen molar-refractivity contribution in [1.82, 2.24) is 9.55 Å². The first-order valence-corrected chi connectivity index (χ1v) is 3.32. The maximum absolute atomic E-state index is 10.5. The van der Waals surface area contributed by atoms with Crippen molar-refractivity contribution in [3.8, 4) is 12.1 Å². The van der Waals surface area contributed by atoms with Gasteiger partial charge in [-0.2, -0.15) is 10.5 Å². The number of nitrogens with two attached hydrogens (primary N) is 1. The van der Waals surface area contributed by atoms with Gasteiger partial charge in [-0.05, 0) is 0 Å². The molecule has 1 aromatic rings. The van der Waals surface area contributed by atoms with Crippen molar-refractivity contribution in [2.24, 2.45) is 5.73 Å². The first-order valence-electron chi connectivity index (χ1n) is 3.32. The van der Waals surface area contributed by atoms with Gasteiger partial charge in [0.05, 0.1) is 6.33 Å². The van der Waals surface area contributed by atoms with Gasteiger partial charge in [-0.3, -0.25) is 4.79 Å². The summed E-state index contributed by atoms with van der Waals surface area (Å²) in [6.45, 7) is -0.141. The molecule has 13 heavy (non-hydrogen) atoms. The minimum Gasteiger partial charge on any atom is -0.368 e. The van der Waals surface area contributed by atoms with Crippen LogP contribution in [0.25, 0.3) is 0 Å². The Kier molecular flexibility index (Phi) is 2.27. The van der Waals surface area contributed by atoms with Gasteiger partial charge in [-0.1, -0.05) is 0 Å². The molecule has 0 spiro atoms. The van der Waals surface area contributed by atoms with Crippen LogP contribution in [0.4, 0.5) is 0 Å². The molecule has 1 aromatic heterocycles. The summed E-state index contributed by atoms with van der Waals surface area (Å²) in [4.78, 5) is 14.1. The lowest BCUT2D eigenvalue weighted by Gasteiger charge is -1.97. The van der Waals surface area contributed by atoms with Gasteiger partial charge in [0.15, 0.2) is 11.4 Å². The first kappa shape index (κ1) is 8.75. The third-order valence-corrected chi connectivity index (χ3v) is 1.38. The van der Waals surface area contributed by atoms with Crippen LogP contribution in [-0.4, -0.2) is 15.5 Å². The molecule has 2 N–H and O–H groups in total. The average molecular weight is 175 g/mol. The van der Waals surface area contributed by atoms with Gasteiger partial charge in [0, 0.05) is 0 Å². The smallest absolute Gasteiger partial charge is 0.237 e. The maximum atomic E-state index is 10.5. The molecule has 0 aliphatic carbocycles. The lowest BCUT2D eigenvalue weighted by Crippen LogP contribution is -2.19. The number of amides is 1. The molecule has 6 heteroatoms. The highest BCUT2D eigenvalue weighted by atomic mass is 16.1. The molecule has 0 fully saturated rings. The summed E-state index contributed by atoms with van der Waals surface area (Å²) in [7, 11) is 0. The quantitative estimate of drug-likeness (QED) is 0.628. The van der Waals surface area contributed by atoms with Crippen LogP contribution in [0.2, 0.25) is 0 Å². The van der Waals surface area contributed by atoms with Crippen LogP contribution in [-0.2, 0) is 11.3 Å². The number of primary amides is 1. The van der Waals surface area contributed by atoms with E-state index < -0.39 is 5.91 Å². The monoisotopic (exact) mass is 175 g/mol. The molecule has 0 radical (unpaired) electrons. The topological polar surface area (TPSA) is 108 Å². The Labute approximate surface area is 73.8 Å². The number of imidazole rings is 1. The van der Waals surface area contributed by atoms with Crippen molar-refractivity contribution in [1.29, 1.82) is 10.5 Å². The number of nitrogens with zero attached hydrogens (tertiary/aromatic N) is 4. The Morgan fingerprint density at radius 3 is 2.77 bits per heavy atom. The largest absolute Gasteiger partial charge is 0.368 e. The molecule has 0 aromatic carbocycles. The zero-order valence-corrected chi connectivity index (χ0v) is 6.56. The lowest BCUT2D eigenvalue weighted by molar-refractivity contribution is -0.118. The zero-order chi connectivity index (χ0) is 9.84. The fourth-order valence-electron chi connectivity index (χ4n) is 0.869. The van der Waals surface area contributed by atoms with Crippen LogP contribution < -0.4 is 5.73 Å². The maximum Gasteiger partial charge on any atom is 0.237 e. The average Bonchev–Trinajstić information content (AvgIpc) is 2.45. The Hall–Kier alpha value is -2.34. The summed E-state index contributed by atoms with van der Waals surface area (Å²) in [5.41, 5.74) is 4.98. The van der Waals surface area contributed by atoms with E-state index in [2.05, 4.69) is 4.98 Å². The summed E-state index contributed by atoms with van der Waals surface area (Å²) in [6, 6.07) is 3.50. The second-order valence-corrected chi connectivity index (χ2v) is 2.26. The molecule has 1 amide bonds. The minimum absolute atomic E-state index is 0.00347. The molecule has 0 aliphatic heterocycles. The van der Waals surface area contributed by atoms with Gasteiger partial charge in [0.2, 0.25) is 5.91 Å². The van der Waals surface area contributed by atoms with Gasteiger partial charge < -0.3 is 10.3 Å².